The molecular formula is C10H7BrF2N2O2S2. The number of benzene rings is 1. The van der Waals surface area contributed by atoms with Gasteiger partial charge in [-0.05, 0) is 18.2 Å². The Balaban J connectivity index is 2.28. The van der Waals surface area contributed by atoms with E-state index in [9.17, 15) is 17.2 Å². The zero-order valence-electron chi connectivity index (χ0n) is 9.23. The SMILES string of the molecule is O=S(=O)(CBr)Nc1nc(-c2ccc(F)c(F)c2)cs1. The Bertz CT molecular complexity index is 703. The van der Waals surface area contributed by atoms with Crippen molar-refractivity contribution in [3.63, 3.8) is 0 Å². The molecule has 0 aliphatic heterocycles. The first-order valence-corrected chi connectivity index (χ1v) is 8.54. The number of thiazole rings is 1. The summed E-state index contributed by atoms with van der Waals surface area (Å²) < 4.78 is 50.5. The van der Waals surface area contributed by atoms with Gasteiger partial charge in [-0.2, -0.15) is 0 Å². The van der Waals surface area contributed by atoms with E-state index in [0.29, 0.717) is 11.3 Å². The van der Waals surface area contributed by atoms with Gasteiger partial charge in [0.05, 0.1) is 5.69 Å². The fourth-order valence-corrected chi connectivity index (χ4v) is 3.12. The van der Waals surface area contributed by atoms with Crippen LogP contribution in [0.4, 0.5) is 13.9 Å². The summed E-state index contributed by atoms with van der Waals surface area (Å²) in [7, 11) is -3.48. The van der Waals surface area contributed by atoms with Crippen molar-refractivity contribution in [1.82, 2.24) is 4.98 Å². The van der Waals surface area contributed by atoms with Gasteiger partial charge >= 0.3 is 0 Å². The molecular weight excluding hydrogens is 362 g/mol. The second-order valence-electron chi connectivity index (χ2n) is 3.49. The number of sulfonamides is 1. The topological polar surface area (TPSA) is 59.1 Å². The quantitative estimate of drug-likeness (QED) is 0.843. The number of aromatic nitrogens is 1. The van der Waals surface area contributed by atoms with Crippen molar-refractivity contribution in [2.45, 2.75) is 0 Å². The Morgan fingerprint density at radius 1 is 1.32 bits per heavy atom. The highest BCUT2D eigenvalue weighted by Gasteiger charge is 2.12. The molecule has 19 heavy (non-hydrogen) atoms. The average molecular weight is 369 g/mol. The third kappa shape index (κ3) is 3.48. The van der Waals surface area contributed by atoms with Crippen LogP contribution in [0.2, 0.25) is 0 Å². The molecule has 0 bridgehead atoms. The van der Waals surface area contributed by atoms with Gasteiger partial charge in [0, 0.05) is 10.9 Å². The maximum Gasteiger partial charge on any atom is 0.244 e. The monoisotopic (exact) mass is 368 g/mol. The van der Waals surface area contributed by atoms with Gasteiger partial charge in [0.15, 0.2) is 16.8 Å². The number of anilines is 1. The molecule has 0 unspecified atom stereocenters. The molecule has 0 fully saturated rings. The van der Waals surface area contributed by atoms with Crippen molar-refractivity contribution in [3.05, 3.63) is 35.2 Å². The lowest BCUT2D eigenvalue weighted by Gasteiger charge is -2.00. The highest BCUT2D eigenvalue weighted by Crippen LogP contribution is 2.26. The summed E-state index contributed by atoms with van der Waals surface area (Å²) in [6, 6.07) is 3.37. The predicted molar refractivity (Wildman–Crippen MR) is 73.8 cm³/mol. The third-order valence-corrected chi connectivity index (χ3v) is 5.59. The Hall–Kier alpha value is -1.06. The summed E-state index contributed by atoms with van der Waals surface area (Å²) in [4.78, 5) is 4.00. The molecule has 102 valence electrons. The molecule has 0 saturated carbocycles. The largest absolute Gasteiger partial charge is 0.258 e. The number of hydrogen-bond acceptors (Lipinski definition) is 4. The summed E-state index contributed by atoms with van der Waals surface area (Å²) in [6.07, 6.45) is 0. The molecule has 0 spiro atoms. The van der Waals surface area contributed by atoms with Crippen molar-refractivity contribution < 1.29 is 17.2 Å². The molecule has 2 rings (SSSR count). The molecule has 0 atom stereocenters. The summed E-state index contributed by atoms with van der Waals surface area (Å²) in [5.41, 5.74) is 0.746. The van der Waals surface area contributed by atoms with Gasteiger partial charge in [-0.1, -0.05) is 15.9 Å². The van der Waals surface area contributed by atoms with Gasteiger partial charge in [0.2, 0.25) is 10.0 Å². The smallest absolute Gasteiger partial charge is 0.244 e. The van der Waals surface area contributed by atoms with Gasteiger partial charge in [0.25, 0.3) is 0 Å². The van der Waals surface area contributed by atoms with E-state index in [1.165, 1.54) is 6.07 Å². The van der Waals surface area contributed by atoms with Gasteiger partial charge in [-0.3, -0.25) is 4.72 Å². The molecule has 0 aliphatic rings. The van der Waals surface area contributed by atoms with Crippen LogP contribution in [-0.4, -0.2) is 18.1 Å². The van der Waals surface area contributed by atoms with E-state index >= 15 is 0 Å². The van der Waals surface area contributed by atoms with Crippen LogP contribution in [0.15, 0.2) is 23.6 Å². The van der Waals surface area contributed by atoms with E-state index in [1.807, 2.05) is 0 Å². The van der Waals surface area contributed by atoms with Crippen LogP contribution in [0.1, 0.15) is 0 Å². The van der Waals surface area contributed by atoms with Crippen LogP contribution < -0.4 is 4.72 Å². The molecule has 1 aromatic heterocycles. The van der Waals surface area contributed by atoms with Crippen LogP contribution in [-0.2, 0) is 10.0 Å². The Labute approximate surface area is 120 Å². The second kappa shape index (κ2) is 5.51. The van der Waals surface area contributed by atoms with Gasteiger partial charge in [-0.15, -0.1) is 11.3 Å². The molecule has 4 nitrogen and oxygen atoms in total. The highest BCUT2D eigenvalue weighted by molar-refractivity contribution is 9.10. The average Bonchev–Trinajstić information content (AvgIpc) is 2.80. The van der Waals surface area contributed by atoms with Gasteiger partial charge in [-0.25, -0.2) is 22.2 Å². The third-order valence-electron chi connectivity index (χ3n) is 2.11. The molecule has 1 aromatic carbocycles. The lowest BCUT2D eigenvalue weighted by Crippen LogP contribution is -2.12. The van der Waals surface area contributed by atoms with Crippen LogP contribution in [0.5, 0.6) is 0 Å². The van der Waals surface area contributed by atoms with Crippen LogP contribution in [0.25, 0.3) is 11.3 Å². The molecule has 0 radical (unpaired) electrons. The van der Waals surface area contributed by atoms with Crippen LogP contribution >= 0.6 is 27.3 Å². The van der Waals surface area contributed by atoms with Crippen molar-refractivity contribution in [2.24, 2.45) is 0 Å². The van der Waals surface area contributed by atoms with E-state index < -0.39 is 21.7 Å². The minimum Gasteiger partial charge on any atom is -0.258 e. The van der Waals surface area contributed by atoms with Crippen molar-refractivity contribution in [3.8, 4) is 11.3 Å². The standard InChI is InChI=1S/C10H7BrF2N2O2S2/c11-5-19(16,17)15-10-14-9(4-18-10)6-1-2-7(12)8(13)3-6/h1-4H,5H2,(H,14,15). The number of nitrogens with zero attached hydrogens (tertiary/aromatic N) is 1. The molecule has 1 N–H and O–H groups in total. The van der Waals surface area contributed by atoms with Crippen LogP contribution in [0.3, 0.4) is 0 Å². The first kappa shape index (κ1) is 14.4. The molecule has 1 heterocycles. The predicted octanol–water partition coefficient (Wildman–Crippen LogP) is 3.18. The first-order valence-electron chi connectivity index (χ1n) is 4.89. The van der Waals surface area contributed by atoms with E-state index in [1.54, 1.807) is 5.38 Å². The van der Waals surface area contributed by atoms with E-state index in [4.69, 9.17) is 0 Å². The summed E-state index contributed by atoms with van der Waals surface area (Å²) in [6.45, 7) is 0. The van der Waals surface area contributed by atoms with Crippen molar-refractivity contribution >= 4 is 42.4 Å². The van der Waals surface area contributed by atoms with Crippen LogP contribution in [0, 0.1) is 11.6 Å². The number of halogens is 3. The fourth-order valence-electron chi connectivity index (χ4n) is 1.27. The summed E-state index contributed by atoms with van der Waals surface area (Å²) in [5.74, 6) is -1.92. The van der Waals surface area contributed by atoms with Crippen molar-refractivity contribution in [1.29, 1.82) is 0 Å². The Kier molecular flexibility index (Phi) is 4.16. The molecule has 9 heteroatoms. The maximum absolute atomic E-state index is 13.1. The minimum absolute atomic E-state index is 0.166. The number of hydrogen-bond donors (Lipinski definition) is 1. The molecule has 2 aromatic rings. The maximum atomic E-state index is 13.1. The second-order valence-corrected chi connectivity index (χ2v) is 7.38. The Morgan fingerprint density at radius 2 is 2.05 bits per heavy atom. The molecule has 0 saturated heterocycles. The Morgan fingerprint density at radius 3 is 2.68 bits per heavy atom. The zero-order chi connectivity index (χ0) is 14.0. The number of rotatable bonds is 4. The minimum atomic E-state index is -3.48. The fraction of sp³-hybridized carbons (Fsp3) is 0.100. The zero-order valence-corrected chi connectivity index (χ0v) is 12.4. The van der Waals surface area contributed by atoms with E-state index in [2.05, 4.69) is 25.6 Å². The lowest BCUT2D eigenvalue weighted by atomic mass is 10.2. The number of nitrogens with one attached hydrogen (secondary N) is 1. The summed E-state index contributed by atoms with van der Waals surface area (Å²) in [5, 5.41) is 1.72. The first-order chi connectivity index (χ1) is 8.91. The lowest BCUT2D eigenvalue weighted by molar-refractivity contribution is 0.509. The normalized spacial score (nSPS) is 11.5. The summed E-state index contributed by atoms with van der Waals surface area (Å²) >= 11 is 3.89. The van der Waals surface area contributed by atoms with Gasteiger partial charge in [0.1, 0.15) is 4.66 Å². The van der Waals surface area contributed by atoms with Gasteiger partial charge < -0.3 is 0 Å². The van der Waals surface area contributed by atoms with Crippen molar-refractivity contribution in [2.75, 3.05) is 9.38 Å². The van der Waals surface area contributed by atoms with E-state index in [0.717, 1.165) is 23.5 Å². The molecule has 0 amide bonds. The number of alkyl halides is 1. The highest BCUT2D eigenvalue weighted by atomic mass is 79.9. The molecule has 0 aliphatic carbocycles. The van der Waals surface area contributed by atoms with E-state index in [-0.39, 0.29) is 9.79 Å².